The first-order chi connectivity index (χ1) is 13.5. The number of benzene rings is 1. The minimum absolute atomic E-state index is 0.213. The third kappa shape index (κ3) is 3.00. The van der Waals surface area contributed by atoms with Gasteiger partial charge in [-0.2, -0.15) is 0 Å². The molecule has 1 saturated carbocycles. The first-order valence-electron chi connectivity index (χ1n) is 9.35. The first-order valence-corrected chi connectivity index (χ1v) is 9.73. The second-order valence-electron chi connectivity index (χ2n) is 7.60. The van der Waals surface area contributed by atoms with Crippen LogP contribution in [-0.4, -0.2) is 49.1 Å². The second-order valence-corrected chi connectivity index (χ2v) is 8.04. The van der Waals surface area contributed by atoms with E-state index in [-0.39, 0.29) is 22.8 Å². The van der Waals surface area contributed by atoms with E-state index in [1.165, 1.54) is 4.90 Å². The summed E-state index contributed by atoms with van der Waals surface area (Å²) >= 11 is 6.16. The zero-order valence-electron chi connectivity index (χ0n) is 15.1. The highest BCUT2D eigenvalue weighted by Gasteiger charge is 2.31. The molecular weight excluding hydrogens is 380 g/mol. The van der Waals surface area contributed by atoms with Crippen LogP contribution in [0.15, 0.2) is 41.5 Å². The lowest BCUT2D eigenvalue weighted by Gasteiger charge is -2.35. The molecule has 1 amide bonds. The number of hydrogen-bond acceptors (Lipinski definition) is 4. The number of β-amino-alcohol motifs (C(OH)–C–C–N with tert-alkyl or cyclic N) is 1. The van der Waals surface area contributed by atoms with Crippen molar-refractivity contribution in [2.45, 2.75) is 25.5 Å². The Hall–Kier alpha value is -2.64. The molecule has 1 aliphatic carbocycles. The lowest BCUT2D eigenvalue weighted by Crippen LogP contribution is -2.53. The SMILES string of the molecule is O=C(c1cn2cc(-c3cccc(Cl)c3)n(CC3CC3)c(=O)c2n1)N1CC(O)C1. The molecule has 0 unspecified atom stereocenters. The third-order valence-corrected chi connectivity index (χ3v) is 5.58. The van der Waals surface area contributed by atoms with Crippen molar-refractivity contribution in [3.05, 3.63) is 57.7 Å². The maximum absolute atomic E-state index is 13.2. The van der Waals surface area contributed by atoms with Crippen LogP contribution >= 0.6 is 11.6 Å². The fraction of sp³-hybridized carbons (Fsp3) is 0.350. The van der Waals surface area contributed by atoms with Gasteiger partial charge < -0.3 is 14.6 Å². The Morgan fingerprint density at radius 1 is 1.25 bits per heavy atom. The molecule has 7 nitrogen and oxygen atoms in total. The van der Waals surface area contributed by atoms with E-state index < -0.39 is 6.10 Å². The van der Waals surface area contributed by atoms with E-state index in [1.807, 2.05) is 24.4 Å². The molecule has 1 saturated heterocycles. The summed E-state index contributed by atoms with van der Waals surface area (Å²) in [6.45, 7) is 1.23. The van der Waals surface area contributed by atoms with Crippen LogP contribution in [0.3, 0.4) is 0 Å². The number of nitrogens with zero attached hydrogens (tertiary/aromatic N) is 4. The number of hydrogen-bond donors (Lipinski definition) is 1. The molecule has 0 radical (unpaired) electrons. The van der Waals surface area contributed by atoms with Crippen molar-refractivity contribution in [1.29, 1.82) is 0 Å². The van der Waals surface area contributed by atoms with Crippen molar-refractivity contribution in [3.63, 3.8) is 0 Å². The minimum Gasteiger partial charge on any atom is -0.389 e. The molecule has 0 spiro atoms. The maximum atomic E-state index is 13.2. The molecule has 2 aliphatic rings. The highest BCUT2D eigenvalue weighted by atomic mass is 35.5. The fourth-order valence-electron chi connectivity index (χ4n) is 3.59. The van der Waals surface area contributed by atoms with Crippen LogP contribution in [-0.2, 0) is 6.54 Å². The van der Waals surface area contributed by atoms with E-state index >= 15 is 0 Å². The predicted octanol–water partition coefficient (Wildman–Crippen LogP) is 2.04. The first kappa shape index (κ1) is 17.5. The lowest BCUT2D eigenvalue weighted by molar-refractivity contribution is 0.00555. The quantitative estimate of drug-likeness (QED) is 0.729. The van der Waals surface area contributed by atoms with Crippen LogP contribution in [0.4, 0.5) is 0 Å². The summed E-state index contributed by atoms with van der Waals surface area (Å²) in [5, 5.41) is 10.0. The Morgan fingerprint density at radius 2 is 2.04 bits per heavy atom. The molecule has 28 heavy (non-hydrogen) atoms. The van der Waals surface area contributed by atoms with Gasteiger partial charge in [0.25, 0.3) is 11.5 Å². The number of fused-ring (bicyclic) bond motifs is 1. The number of carbonyl (C=O) groups is 1. The van der Waals surface area contributed by atoms with Gasteiger partial charge in [0.15, 0.2) is 0 Å². The van der Waals surface area contributed by atoms with Gasteiger partial charge in [-0.05, 0) is 30.9 Å². The molecule has 3 heterocycles. The Balaban J connectivity index is 1.63. The van der Waals surface area contributed by atoms with Crippen molar-refractivity contribution in [2.24, 2.45) is 5.92 Å². The molecule has 0 bridgehead atoms. The van der Waals surface area contributed by atoms with Gasteiger partial charge >= 0.3 is 0 Å². The standard InChI is InChI=1S/C20H19ClN4O3/c21-14-3-1-2-13(6-14)17-11-23-10-16(19(27)24-8-15(26)9-24)22-18(23)20(28)25(17)7-12-4-5-12/h1-3,6,10-12,15,26H,4-5,7-9H2. The normalized spacial score (nSPS) is 17.1. The van der Waals surface area contributed by atoms with Crippen LogP contribution in [0.2, 0.25) is 5.02 Å². The topological polar surface area (TPSA) is 79.8 Å². The van der Waals surface area contributed by atoms with Gasteiger partial charge in [-0.1, -0.05) is 23.7 Å². The summed E-state index contributed by atoms with van der Waals surface area (Å²) in [6, 6.07) is 7.39. The average molecular weight is 399 g/mol. The molecule has 8 heteroatoms. The van der Waals surface area contributed by atoms with Crippen molar-refractivity contribution in [3.8, 4) is 11.3 Å². The number of imidazole rings is 1. The van der Waals surface area contributed by atoms with Crippen molar-refractivity contribution in [1.82, 2.24) is 18.9 Å². The van der Waals surface area contributed by atoms with Crippen molar-refractivity contribution in [2.75, 3.05) is 13.1 Å². The number of halogens is 1. The van der Waals surface area contributed by atoms with E-state index in [2.05, 4.69) is 4.98 Å². The number of carbonyl (C=O) groups excluding carboxylic acids is 1. The average Bonchev–Trinajstić information content (AvgIpc) is 3.36. The Bertz CT molecular complexity index is 1140. The zero-order chi connectivity index (χ0) is 19.4. The molecular formula is C20H19ClN4O3. The molecule has 2 fully saturated rings. The molecule has 2 aromatic heterocycles. The summed E-state index contributed by atoms with van der Waals surface area (Å²) in [7, 11) is 0. The van der Waals surface area contributed by atoms with Crippen LogP contribution in [0.5, 0.6) is 0 Å². The van der Waals surface area contributed by atoms with Crippen LogP contribution < -0.4 is 5.56 Å². The van der Waals surface area contributed by atoms with Gasteiger partial charge in [0.2, 0.25) is 5.65 Å². The molecule has 5 rings (SSSR count). The van der Waals surface area contributed by atoms with Crippen LogP contribution in [0, 0.1) is 5.92 Å². The molecule has 144 valence electrons. The molecule has 1 aliphatic heterocycles. The smallest absolute Gasteiger partial charge is 0.294 e. The molecule has 1 N–H and O–H groups in total. The summed E-state index contributed by atoms with van der Waals surface area (Å²) in [5.41, 5.74) is 1.83. The van der Waals surface area contributed by atoms with E-state index in [0.717, 1.165) is 24.1 Å². The Morgan fingerprint density at radius 3 is 2.71 bits per heavy atom. The van der Waals surface area contributed by atoms with E-state index in [0.29, 0.717) is 30.6 Å². The number of likely N-dealkylation sites (tertiary alicyclic amines) is 1. The number of aliphatic hydroxyl groups excluding tert-OH is 1. The Kier molecular flexibility index (Phi) is 4.03. The monoisotopic (exact) mass is 398 g/mol. The number of amides is 1. The third-order valence-electron chi connectivity index (χ3n) is 5.35. The molecule has 0 atom stereocenters. The van der Waals surface area contributed by atoms with Crippen LogP contribution in [0.25, 0.3) is 16.9 Å². The number of aliphatic hydroxyl groups is 1. The second kappa shape index (κ2) is 6.46. The van der Waals surface area contributed by atoms with Crippen LogP contribution in [0.1, 0.15) is 23.3 Å². The molecule has 1 aromatic carbocycles. The summed E-state index contributed by atoms with van der Waals surface area (Å²) in [4.78, 5) is 31.6. The summed E-state index contributed by atoms with van der Waals surface area (Å²) in [5.74, 6) is 0.225. The van der Waals surface area contributed by atoms with E-state index in [1.54, 1.807) is 21.2 Å². The van der Waals surface area contributed by atoms with Crippen molar-refractivity contribution < 1.29 is 9.90 Å². The predicted molar refractivity (Wildman–Crippen MR) is 105 cm³/mol. The van der Waals surface area contributed by atoms with E-state index in [9.17, 15) is 14.7 Å². The Labute approximate surface area is 165 Å². The largest absolute Gasteiger partial charge is 0.389 e. The lowest BCUT2D eigenvalue weighted by atomic mass is 10.1. The number of aromatic nitrogens is 3. The summed E-state index contributed by atoms with van der Waals surface area (Å²) < 4.78 is 3.36. The molecule has 3 aromatic rings. The van der Waals surface area contributed by atoms with Crippen molar-refractivity contribution >= 4 is 23.2 Å². The maximum Gasteiger partial charge on any atom is 0.294 e. The number of rotatable bonds is 4. The van der Waals surface area contributed by atoms with Gasteiger partial charge in [0.1, 0.15) is 5.69 Å². The van der Waals surface area contributed by atoms with Gasteiger partial charge in [-0.15, -0.1) is 0 Å². The van der Waals surface area contributed by atoms with Gasteiger partial charge in [-0.3, -0.25) is 14.0 Å². The fourth-order valence-corrected chi connectivity index (χ4v) is 3.78. The highest BCUT2D eigenvalue weighted by Crippen LogP contribution is 2.32. The van der Waals surface area contributed by atoms with E-state index in [4.69, 9.17) is 11.6 Å². The van der Waals surface area contributed by atoms with Gasteiger partial charge in [-0.25, -0.2) is 4.98 Å². The zero-order valence-corrected chi connectivity index (χ0v) is 15.8. The van der Waals surface area contributed by atoms with Gasteiger partial charge in [0.05, 0.1) is 11.8 Å². The summed E-state index contributed by atoms with van der Waals surface area (Å²) in [6.07, 6.45) is 5.16. The highest BCUT2D eigenvalue weighted by molar-refractivity contribution is 6.30. The minimum atomic E-state index is -0.480. The van der Waals surface area contributed by atoms with Gasteiger partial charge in [0, 0.05) is 42.6 Å².